The fraction of sp³-hybridized carbons (Fsp3) is 0.917. The minimum Gasteiger partial charge on any atom is -0.469 e. The third-order valence-electron chi connectivity index (χ3n) is 3.36. The molecule has 0 saturated carbocycles. The van der Waals surface area contributed by atoms with Crippen molar-refractivity contribution in [3.63, 3.8) is 0 Å². The van der Waals surface area contributed by atoms with E-state index in [0.29, 0.717) is 6.54 Å². The van der Waals surface area contributed by atoms with Crippen LogP contribution in [0.15, 0.2) is 0 Å². The molecule has 0 heterocycles. The van der Waals surface area contributed by atoms with Crippen molar-refractivity contribution >= 4 is 27.8 Å². The number of thioether (sulfide) groups is 1. The summed E-state index contributed by atoms with van der Waals surface area (Å²) in [5, 5.41) is 0. The van der Waals surface area contributed by atoms with Gasteiger partial charge in [-0.2, -0.15) is 11.8 Å². The summed E-state index contributed by atoms with van der Waals surface area (Å²) in [4.78, 5) is 10.9. The number of carbonyl (C=O) groups is 1. The third kappa shape index (κ3) is 7.17. The van der Waals surface area contributed by atoms with Crippen molar-refractivity contribution in [3.8, 4) is 0 Å². The summed E-state index contributed by atoms with van der Waals surface area (Å²) < 4.78 is 30.7. The SMILES string of the molecule is CCC(CC)(CNS(=O)(=O)CCCC(=O)OC)SC. The maximum absolute atomic E-state index is 11.8. The van der Waals surface area contributed by atoms with Crippen LogP contribution in [0.4, 0.5) is 0 Å². The first-order chi connectivity index (χ1) is 8.84. The average Bonchev–Trinajstić information content (AvgIpc) is 2.40. The van der Waals surface area contributed by atoms with E-state index in [4.69, 9.17) is 0 Å². The zero-order valence-corrected chi connectivity index (χ0v) is 13.8. The van der Waals surface area contributed by atoms with Gasteiger partial charge in [0.05, 0.1) is 12.9 Å². The van der Waals surface area contributed by atoms with Crippen molar-refractivity contribution in [2.45, 2.75) is 44.3 Å². The summed E-state index contributed by atoms with van der Waals surface area (Å²) in [7, 11) is -2.02. The summed E-state index contributed by atoms with van der Waals surface area (Å²) in [5.74, 6) is -0.421. The van der Waals surface area contributed by atoms with Crippen molar-refractivity contribution < 1.29 is 17.9 Å². The lowest BCUT2D eigenvalue weighted by atomic mass is 10.0. The Labute approximate surface area is 120 Å². The zero-order chi connectivity index (χ0) is 14.9. The smallest absolute Gasteiger partial charge is 0.305 e. The van der Waals surface area contributed by atoms with Crippen molar-refractivity contribution in [1.29, 1.82) is 0 Å². The Bertz CT molecular complexity index is 356. The third-order valence-corrected chi connectivity index (χ3v) is 6.36. The van der Waals surface area contributed by atoms with Crippen molar-refractivity contribution in [2.75, 3.05) is 25.7 Å². The molecule has 0 aliphatic heterocycles. The van der Waals surface area contributed by atoms with Crippen LogP contribution in [0, 0.1) is 0 Å². The van der Waals surface area contributed by atoms with Gasteiger partial charge in [-0.3, -0.25) is 4.79 Å². The van der Waals surface area contributed by atoms with Crippen LogP contribution in [0.25, 0.3) is 0 Å². The number of sulfonamides is 1. The molecule has 0 rings (SSSR count). The fourth-order valence-corrected chi connectivity index (χ4v) is 3.73. The first kappa shape index (κ1) is 18.7. The topological polar surface area (TPSA) is 72.5 Å². The number of rotatable bonds is 10. The lowest BCUT2D eigenvalue weighted by molar-refractivity contribution is -0.140. The number of carbonyl (C=O) groups excluding carboxylic acids is 1. The number of methoxy groups -OCH3 is 1. The standard InChI is InChI=1S/C12H25NO4S2/c1-5-12(6-2,18-4)10-13-19(15,16)9-7-8-11(14)17-3/h13H,5-10H2,1-4H3. The minimum absolute atomic E-state index is 0.0417. The molecular weight excluding hydrogens is 286 g/mol. The lowest BCUT2D eigenvalue weighted by Crippen LogP contribution is -2.40. The second-order valence-electron chi connectivity index (χ2n) is 4.41. The summed E-state index contributed by atoms with van der Waals surface area (Å²) >= 11 is 1.69. The van der Waals surface area contributed by atoms with Crippen LogP contribution in [0.3, 0.4) is 0 Å². The average molecular weight is 311 g/mol. The van der Waals surface area contributed by atoms with Gasteiger partial charge in [0, 0.05) is 17.7 Å². The highest BCUT2D eigenvalue weighted by atomic mass is 32.2. The summed E-state index contributed by atoms with van der Waals surface area (Å²) in [5.41, 5.74) is 0. The van der Waals surface area contributed by atoms with Crippen LogP contribution in [0.2, 0.25) is 0 Å². The van der Waals surface area contributed by atoms with E-state index in [0.717, 1.165) is 12.8 Å². The van der Waals surface area contributed by atoms with Gasteiger partial charge in [-0.15, -0.1) is 0 Å². The molecule has 1 N–H and O–H groups in total. The zero-order valence-electron chi connectivity index (χ0n) is 12.2. The van der Waals surface area contributed by atoms with E-state index in [-0.39, 0.29) is 29.3 Å². The first-order valence-electron chi connectivity index (χ1n) is 6.44. The molecule has 0 spiro atoms. The van der Waals surface area contributed by atoms with Gasteiger partial charge in [-0.05, 0) is 25.5 Å². The number of esters is 1. The van der Waals surface area contributed by atoms with Gasteiger partial charge in [0.15, 0.2) is 0 Å². The molecule has 19 heavy (non-hydrogen) atoms. The van der Waals surface area contributed by atoms with Crippen molar-refractivity contribution in [2.24, 2.45) is 0 Å². The molecule has 7 heteroatoms. The van der Waals surface area contributed by atoms with Crippen LogP contribution in [0.1, 0.15) is 39.5 Å². The molecule has 0 saturated heterocycles. The molecule has 114 valence electrons. The van der Waals surface area contributed by atoms with E-state index in [1.807, 2.05) is 6.26 Å². The second kappa shape index (κ2) is 8.81. The first-order valence-corrected chi connectivity index (χ1v) is 9.31. The molecule has 0 fully saturated rings. The molecule has 0 aliphatic carbocycles. The van der Waals surface area contributed by atoms with E-state index in [1.54, 1.807) is 11.8 Å². The van der Waals surface area contributed by atoms with E-state index < -0.39 is 10.0 Å². The molecule has 5 nitrogen and oxygen atoms in total. The molecule has 0 radical (unpaired) electrons. The van der Waals surface area contributed by atoms with E-state index >= 15 is 0 Å². The van der Waals surface area contributed by atoms with Gasteiger partial charge in [-0.1, -0.05) is 13.8 Å². The maximum atomic E-state index is 11.8. The largest absolute Gasteiger partial charge is 0.469 e. The number of hydrogen-bond acceptors (Lipinski definition) is 5. The molecular formula is C12H25NO4S2. The maximum Gasteiger partial charge on any atom is 0.305 e. The summed E-state index contributed by atoms with van der Waals surface area (Å²) in [6.07, 6.45) is 4.24. The van der Waals surface area contributed by atoms with Crippen LogP contribution >= 0.6 is 11.8 Å². The fourth-order valence-electron chi connectivity index (χ4n) is 1.68. The predicted octanol–water partition coefficient (Wildman–Crippen LogP) is 1.78. The second-order valence-corrected chi connectivity index (χ2v) is 7.61. The number of ether oxygens (including phenoxy) is 1. The van der Waals surface area contributed by atoms with Gasteiger partial charge < -0.3 is 4.74 Å². The Balaban J connectivity index is 4.26. The van der Waals surface area contributed by atoms with Gasteiger partial charge >= 0.3 is 5.97 Å². The monoisotopic (exact) mass is 311 g/mol. The normalized spacial score (nSPS) is 12.4. The molecule has 0 aromatic carbocycles. The van der Waals surface area contributed by atoms with Gasteiger partial charge in [0.25, 0.3) is 0 Å². The molecule has 0 aromatic heterocycles. The molecule has 0 aliphatic rings. The lowest BCUT2D eigenvalue weighted by Gasteiger charge is -2.29. The molecule has 0 bridgehead atoms. The number of hydrogen-bond donors (Lipinski definition) is 1. The highest BCUT2D eigenvalue weighted by Crippen LogP contribution is 2.29. The van der Waals surface area contributed by atoms with E-state index in [2.05, 4.69) is 23.3 Å². The molecule has 0 amide bonds. The van der Waals surface area contributed by atoms with Crippen LogP contribution in [0.5, 0.6) is 0 Å². The number of nitrogens with one attached hydrogen (secondary N) is 1. The van der Waals surface area contributed by atoms with Crippen LogP contribution in [-0.2, 0) is 19.6 Å². The van der Waals surface area contributed by atoms with Crippen molar-refractivity contribution in [1.82, 2.24) is 4.72 Å². The Hall–Kier alpha value is -0.270. The Morgan fingerprint density at radius 2 is 1.89 bits per heavy atom. The Morgan fingerprint density at radius 3 is 2.32 bits per heavy atom. The van der Waals surface area contributed by atoms with Gasteiger partial charge in [-0.25, -0.2) is 13.1 Å². The Kier molecular flexibility index (Phi) is 8.69. The highest BCUT2D eigenvalue weighted by Gasteiger charge is 2.26. The summed E-state index contributed by atoms with van der Waals surface area (Å²) in [6, 6.07) is 0. The summed E-state index contributed by atoms with van der Waals surface area (Å²) in [6.45, 7) is 4.55. The Morgan fingerprint density at radius 1 is 1.32 bits per heavy atom. The van der Waals surface area contributed by atoms with Crippen molar-refractivity contribution in [3.05, 3.63) is 0 Å². The van der Waals surface area contributed by atoms with E-state index in [9.17, 15) is 13.2 Å². The van der Waals surface area contributed by atoms with Gasteiger partial charge in [0.2, 0.25) is 10.0 Å². The predicted molar refractivity (Wildman–Crippen MR) is 79.9 cm³/mol. The highest BCUT2D eigenvalue weighted by molar-refractivity contribution is 8.00. The minimum atomic E-state index is -3.32. The van der Waals surface area contributed by atoms with Gasteiger partial charge in [0.1, 0.15) is 0 Å². The molecule has 0 unspecified atom stereocenters. The molecule has 0 atom stereocenters. The van der Waals surface area contributed by atoms with E-state index in [1.165, 1.54) is 7.11 Å². The quantitative estimate of drug-likeness (QED) is 0.623. The molecule has 0 aromatic rings. The van der Waals surface area contributed by atoms with Crippen LogP contribution < -0.4 is 4.72 Å². The van der Waals surface area contributed by atoms with Crippen LogP contribution in [-0.4, -0.2) is 44.8 Å².